The van der Waals surface area contributed by atoms with E-state index in [-0.39, 0.29) is 5.69 Å². The lowest BCUT2D eigenvalue weighted by atomic mass is 9.94. The lowest BCUT2D eigenvalue weighted by molar-refractivity contribution is 0.554. The van der Waals surface area contributed by atoms with Crippen molar-refractivity contribution in [3.05, 3.63) is 68.1 Å². The Morgan fingerprint density at radius 3 is 2.89 bits per heavy atom. The molecule has 0 unspecified atom stereocenters. The predicted octanol–water partition coefficient (Wildman–Crippen LogP) is 3.02. The molecular formula is C16H9Cl2N7O2. The average Bonchev–Trinajstić information content (AvgIpc) is 3.33. The second-order valence-corrected chi connectivity index (χ2v) is 6.65. The van der Waals surface area contributed by atoms with Gasteiger partial charge in [-0.1, -0.05) is 34.4 Å². The van der Waals surface area contributed by atoms with Gasteiger partial charge < -0.3 is 9.73 Å². The van der Waals surface area contributed by atoms with Crippen LogP contribution in [0, 0.1) is 0 Å². The van der Waals surface area contributed by atoms with Crippen LogP contribution in [0.15, 0.2) is 45.8 Å². The summed E-state index contributed by atoms with van der Waals surface area (Å²) in [6.45, 7) is 0. The molecule has 0 saturated carbocycles. The Bertz CT molecular complexity index is 1220. The Balaban J connectivity index is 1.86. The fraction of sp³-hybridized carbons (Fsp3) is 0.0625. The quantitative estimate of drug-likeness (QED) is 0.467. The number of H-pyrrole nitrogens is 1. The first-order valence-electron chi connectivity index (χ1n) is 7.80. The highest BCUT2D eigenvalue weighted by Gasteiger charge is 2.35. The van der Waals surface area contributed by atoms with E-state index in [9.17, 15) is 4.79 Å². The van der Waals surface area contributed by atoms with Crippen LogP contribution in [0.2, 0.25) is 10.0 Å². The zero-order chi connectivity index (χ0) is 18.5. The van der Waals surface area contributed by atoms with E-state index in [2.05, 4.69) is 31.0 Å². The summed E-state index contributed by atoms with van der Waals surface area (Å²) < 4.78 is 7.03. The number of rotatable bonds is 2. The second-order valence-electron chi connectivity index (χ2n) is 5.81. The van der Waals surface area contributed by atoms with Crippen molar-refractivity contribution in [1.82, 2.24) is 30.4 Å². The molecule has 0 bridgehead atoms. The second kappa shape index (κ2) is 5.93. The van der Waals surface area contributed by atoms with Crippen LogP contribution < -0.4 is 10.9 Å². The Hall–Kier alpha value is -3.17. The molecule has 11 heteroatoms. The van der Waals surface area contributed by atoms with Crippen LogP contribution in [-0.4, -0.2) is 30.4 Å². The summed E-state index contributed by atoms with van der Waals surface area (Å²) >= 11 is 12.5. The molecule has 0 fully saturated rings. The zero-order valence-corrected chi connectivity index (χ0v) is 14.9. The van der Waals surface area contributed by atoms with Gasteiger partial charge in [0.15, 0.2) is 5.76 Å². The topological polar surface area (TPSA) is 115 Å². The van der Waals surface area contributed by atoms with Crippen molar-refractivity contribution in [2.45, 2.75) is 6.04 Å². The Kier molecular flexibility index (Phi) is 3.52. The molecule has 9 nitrogen and oxygen atoms in total. The summed E-state index contributed by atoms with van der Waals surface area (Å²) in [5.41, 5.74) is 1.51. The van der Waals surface area contributed by atoms with Crippen LogP contribution in [0.1, 0.15) is 17.2 Å². The molecule has 0 aliphatic carbocycles. The maximum absolute atomic E-state index is 12.5. The van der Waals surface area contributed by atoms with E-state index in [0.29, 0.717) is 38.6 Å². The van der Waals surface area contributed by atoms with E-state index < -0.39 is 11.6 Å². The number of nitrogens with one attached hydrogen (secondary N) is 2. The normalized spacial score (nSPS) is 15.1. The van der Waals surface area contributed by atoms with Crippen LogP contribution >= 0.6 is 23.2 Å². The fourth-order valence-corrected chi connectivity index (χ4v) is 3.66. The molecule has 1 aliphatic rings. The summed E-state index contributed by atoms with van der Waals surface area (Å²) in [7, 11) is 0. The molecule has 1 atom stereocenters. The smallest absolute Gasteiger partial charge is 0.288 e. The van der Waals surface area contributed by atoms with Gasteiger partial charge in [-0.05, 0) is 34.7 Å². The molecule has 4 aromatic rings. The lowest BCUT2D eigenvalue weighted by Gasteiger charge is -2.27. The van der Waals surface area contributed by atoms with Crippen molar-refractivity contribution in [2.24, 2.45) is 0 Å². The van der Waals surface area contributed by atoms with Crippen LogP contribution in [0.3, 0.4) is 0 Å². The highest BCUT2D eigenvalue weighted by molar-refractivity contribution is 6.35. The fourth-order valence-electron chi connectivity index (χ4n) is 3.15. The molecule has 134 valence electrons. The van der Waals surface area contributed by atoms with E-state index >= 15 is 0 Å². The molecule has 1 aliphatic heterocycles. The van der Waals surface area contributed by atoms with E-state index in [1.165, 1.54) is 10.9 Å². The number of tetrazole rings is 1. The monoisotopic (exact) mass is 401 g/mol. The minimum atomic E-state index is -0.606. The van der Waals surface area contributed by atoms with Crippen molar-refractivity contribution >= 4 is 34.8 Å². The molecular weight excluding hydrogens is 393 g/mol. The molecule has 27 heavy (non-hydrogen) atoms. The maximum atomic E-state index is 12.5. The molecule has 0 spiro atoms. The van der Waals surface area contributed by atoms with Gasteiger partial charge in [0.05, 0.1) is 6.26 Å². The molecule has 0 saturated heterocycles. The van der Waals surface area contributed by atoms with Crippen molar-refractivity contribution < 1.29 is 4.42 Å². The molecule has 3 aromatic heterocycles. The summed E-state index contributed by atoms with van der Waals surface area (Å²) in [5, 5.41) is 22.2. The number of hydrogen-bond donors (Lipinski definition) is 2. The zero-order valence-electron chi connectivity index (χ0n) is 13.3. The Morgan fingerprint density at radius 2 is 2.11 bits per heavy atom. The summed E-state index contributed by atoms with van der Waals surface area (Å²) in [6, 6.07) is 7.97. The summed E-state index contributed by atoms with van der Waals surface area (Å²) in [5.74, 6) is 0.788. The number of anilines is 2. The van der Waals surface area contributed by atoms with E-state index in [1.54, 1.807) is 30.3 Å². The molecule has 0 amide bonds. The lowest BCUT2D eigenvalue weighted by Crippen LogP contribution is -2.29. The molecule has 0 radical (unpaired) electrons. The summed E-state index contributed by atoms with van der Waals surface area (Å²) in [6.07, 6.45) is 1.53. The largest absolute Gasteiger partial charge is 0.463 e. The van der Waals surface area contributed by atoms with Gasteiger partial charge >= 0.3 is 0 Å². The van der Waals surface area contributed by atoms with Gasteiger partial charge in [0.2, 0.25) is 5.95 Å². The Labute approximate surface area is 160 Å². The third-order valence-electron chi connectivity index (χ3n) is 4.28. The maximum Gasteiger partial charge on any atom is 0.288 e. The first-order valence-corrected chi connectivity index (χ1v) is 8.55. The van der Waals surface area contributed by atoms with E-state index in [1.807, 2.05) is 0 Å². The minimum Gasteiger partial charge on any atom is -0.463 e. The summed E-state index contributed by atoms with van der Waals surface area (Å²) in [4.78, 5) is 12.5. The minimum absolute atomic E-state index is 0.273. The average molecular weight is 402 g/mol. The first-order chi connectivity index (χ1) is 13.1. The van der Waals surface area contributed by atoms with Crippen LogP contribution in [-0.2, 0) is 0 Å². The van der Waals surface area contributed by atoms with Gasteiger partial charge in [-0.15, -0.1) is 0 Å². The molecule has 2 N–H and O–H groups in total. The number of benzene rings is 1. The van der Waals surface area contributed by atoms with Gasteiger partial charge in [-0.3, -0.25) is 4.79 Å². The van der Waals surface area contributed by atoms with Crippen LogP contribution in [0.4, 0.5) is 11.6 Å². The van der Waals surface area contributed by atoms with Gasteiger partial charge in [0, 0.05) is 21.2 Å². The van der Waals surface area contributed by atoms with Crippen LogP contribution in [0.25, 0.3) is 11.5 Å². The molecule has 5 rings (SSSR count). The number of nitrogens with zero attached hydrogens (tertiary/aromatic N) is 5. The number of aromatic nitrogens is 6. The number of hydrogen-bond acceptors (Lipinski definition) is 7. The SMILES string of the molecule is O=c1[nH]nc(-c2ccco2)c2c1Nc1nnnn1[C@@H]2c1ccc(Cl)cc1Cl. The number of furan rings is 1. The predicted molar refractivity (Wildman–Crippen MR) is 97.4 cm³/mol. The first kappa shape index (κ1) is 16.0. The standard InChI is InChI=1S/C16H9Cl2N7O2/c17-7-3-4-8(9(18)6-7)14-11-12(10-2-1-5-27-10)20-21-15(26)13(11)19-16-22-23-24-25(14)16/h1-6,14H,(H,21,26)(H,19,22,24)/t14-/m1/s1. The van der Waals surface area contributed by atoms with Gasteiger partial charge in [0.25, 0.3) is 5.56 Å². The number of halogens is 2. The van der Waals surface area contributed by atoms with Crippen LogP contribution in [0.5, 0.6) is 0 Å². The van der Waals surface area contributed by atoms with Gasteiger partial charge in [0.1, 0.15) is 17.4 Å². The van der Waals surface area contributed by atoms with E-state index in [0.717, 1.165) is 0 Å². The van der Waals surface area contributed by atoms with Gasteiger partial charge in [-0.2, -0.15) is 9.78 Å². The third kappa shape index (κ3) is 2.43. The number of aromatic amines is 1. The van der Waals surface area contributed by atoms with Gasteiger partial charge in [-0.25, -0.2) is 5.10 Å². The molecule has 1 aromatic carbocycles. The van der Waals surface area contributed by atoms with Crippen molar-refractivity contribution in [2.75, 3.05) is 5.32 Å². The third-order valence-corrected chi connectivity index (χ3v) is 4.84. The van der Waals surface area contributed by atoms with Crippen molar-refractivity contribution in [3.63, 3.8) is 0 Å². The molecule has 4 heterocycles. The highest BCUT2D eigenvalue weighted by atomic mass is 35.5. The van der Waals surface area contributed by atoms with E-state index in [4.69, 9.17) is 27.6 Å². The van der Waals surface area contributed by atoms with Crippen molar-refractivity contribution in [1.29, 1.82) is 0 Å². The highest BCUT2D eigenvalue weighted by Crippen LogP contribution is 2.43. The number of fused-ring (bicyclic) bond motifs is 2. The Morgan fingerprint density at radius 1 is 1.22 bits per heavy atom. The van der Waals surface area contributed by atoms with Crippen molar-refractivity contribution in [3.8, 4) is 11.5 Å².